The molecule has 1 aliphatic rings. The van der Waals surface area contributed by atoms with Crippen molar-refractivity contribution < 1.29 is 4.79 Å². The fraction of sp³-hybridized carbons (Fsp3) is 0.269. The van der Waals surface area contributed by atoms with Crippen LogP contribution in [0.1, 0.15) is 24.8 Å². The Morgan fingerprint density at radius 2 is 1.78 bits per heavy atom. The Kier molecular flexibility index (Phi) is 6.12. The lowest BCUT2D eigenvalue weighted by Gasteiger charge is -2.25. The molecule has 0 spiro atoms. The number of anilines is 1. The molecule has 1 fully saturated rings. The number of carbonyl (C=O) groups excluding carboxylic acids is 1. The number of nitrogens with zero attached hydrogens (tertiary/aromatic N) is 3. The van der Waals surface area contributed by atoms with E-state index in [2.05, 4.69) is 46.6 Å². The van der Waals surface area contributed by atoms with Gasteiger partial charge in [-0.1, -0.05) is 48.5 Å². The Bertz CT molecular complexity index is 1190. The SMILES string of the molecule is O=C(CCN(CCc1ccccc1)c1nc(-c2cccs2)nc2ccccc12)NC1CC1. The molecule has 6 heteroatoms. The summed E-state index contributed by atoms with van der Waals surface area (Å²) in [5, 5.41) is 6.17. The molecule has 0 aliphatic heterocycles. The largest absolute Gasteiger partial charge is 0.355 e. The van der Waals surface area contributed by atoms with Crippen LogP contribution in [0.15, 0.2) is 72.1 Å². The zero-order valence-electron chi connectivity index (χ0n) is 17.9. The molecule has 0 bridgehead atoms. The molecule has 1 saturated carbocycles. The van der Waals surface area contributed by atoms with E-state index in [0.29, 0.717) is 19.0 Å². The summed E-state index contributed by atoms with van der Waals surface area (Å²) in [5.41, 5.74) is 2.20. The third kappa shape index (κ3) is 4.97. The first-order valence-corrected chi connectivity index (χ1v) is 12.0. The third-order valence-electron chi connectivity index (χ3n) is 5.69. The second-order valence-electron chi connectivity index (χ2n) is 8.18. The molecule has 5 nitrogen and oxygen atoms in total. The van der Waals surface area contributed by atoms with Crippen LogP contribution >= 0.6 is 11.3 Å². The van der Waals surface area contributed by atoms with E-state index >= 15 is 0 Å². The zero-order valence-corrected chi connectivity index (χ0v) is 18.7. The molecule has 1 amide bonds. The zero-order chi connectivity index (χ0) is 21.8. The van der Waals surface area contributed by atoms with Crippen LogP contribution in [0.2, 0.25) is 0 Å². The highest BCUT2D eigenvalue weighted by molar-refractivity contribution is 7.13. The van der Waals surface area contributed by atoms with Crippen molar-refractivity contribution in [2.75, 3.05) is 18.0 Å². The quantitative estimate of drug-likeness (QED) is 0.393. The molecule has 0 unspecified atom stereocenters. The van der Waals surface area contributed by atoms with Crippen molar-refractivity contribution in [3.63, 3.8) is 0 Å². The van der Waals surface area contributed by atoms with Crippen LogP contribution in [-0.4, -0.2) is 35.0 Å². The normalized spacial score (nSPS) is 13.2. The lowest BCUT2D eigenvalue weighted by Crippen LogP contribution is -2.33. The van der Waals surface area contributed by atoms with Gasteiger partial charge in [0, 0.05) is 30.9 Å². The van der Waals surface area contributed by atoms with E-state index in [9.17, 15) is 4.79 Å². The lowest BCUT2D eigenvalue weighted by molar-refractivity contribution is -0.121. The summed E-state index contributed by atoms with van der Waals surface area (Å²) in [5.74, 6) is 1.75. The summed E-state index contributed by atoms with van der Waals surface area (Å²) >= 11 is 1.64. The number of fused-ring (bicyclic) bond motifs is 1. The Labute approximate surface area is 192 Å². The van der Waals surface area contributed by atoms with Gasteiger partial charge < -0.3 is 10.2 Å². The standard InChI is InChI=1S/C26H26N4OS/c31-24(27-20-12-13-20)15-17-30(16-14-19-7-2-1-3-8-19)26-21-9-4-5-10-22(21)28-25(29-26)23-11-6-18-32-23/h1-11,18,20H,12-17H2,(H,27,31). The predicted molar refractivity (Wildman–Crippen MR) is 131 cm³/mol. The molecule has 2 heterocycles. The summed E-state index contributed by atoms with van der Waals surface area (Å²) in [7, 11) is 0. The summed E-state index contributed by atoms with van der Waals surface area (Å²) in [6.45, 7) is 1.40. The van der Waals surface area contributed by atoms with E-state index in [0.717, 1.165) is 53.2 Å². The predicted octanol–water partition coefficient (Wildman–Crippen LogP) is 5.08. The van der Waals surface area contributed by atoms with E-state index in [1.165, 1.54) is 5.56 Å². The minimum atomic E-state index is 0.119. The van der Waals surface area contributed by atoms with Gasteiger partial charge in [0.15, 0.2) is 5.82 Å². The van der Waals surface area contributed by atoms with Crippen molar-refractivity contribution in [2.45, 2.75) is 31.7 Å². The number of benzene rings is 2. The summed E-state index contributed by atoms with van der Waals surface area (Å²) in [6.07, 6.45) is 3.55. The fourth-order valence-electron chi connectivity index (χ4n) is 3.81. The van der Waals surface area contributed by atoms with Gasteiger partial charge in [0.1, 0.15) is 5.82 Å². The minimum Gasteiger partial charge on any atom is -0.355 e. The summed E-state index contributed by atoms with van der Waals surface area (Å²) in [6, 6.07) is 23.1. The van der Waals surface area contributed by atoms with E-state index < -0.39 is 0 Å². The second kappa shape index (κ2) is 9.49. The van der Waals surface area contributed by atoms with Gasteiger partial charge in [0.2, 0.25) is 5.91 Å². The first-order chi connectivity index (χ1) is 15.8. The molecule has 1 aliphatic carbocycles. The summed E-state index contributed by atoms with van der Waals surface area (Å²) < 4.78 is 0. The van der Waals surface area contributed by atoms with Crippen LogP contribution in [0.3, 0.4) is 0 Å². The molecular formula is C26H26N4OS. The molecule has 32 heavy (non-hydrogen) atoms. The van der Waals surface area contributed by atoms with Crippen molar-refractivity contribution in [1.29, 1.82) is 0 Å². The van der Waals surface area contributed by atoms with Crippen LogP contribution in [0.25, 0.3) is 21.6 Å². The second-order valence-corrected chi connectivity index (χ2v) is 9.13. The maximum Gasteiger partial charge on any atom is 0.221 e. The Morgan fingerprint density at radius 3 is 2.56 bits per heavy atom. The maximum absolute atomic E-state index is 12.5. The van der Waals surface area contributed by atoms with Crippen LogP contribution in [0.4, 0.5) is 5.82 Å². The number of amides is 1. The van der Waals surface area contributed by atoms with Crippen molar-refractivity contribution in [2.24, 2.45) is 0 Å². The number of rotatable bonds is 9. The van der Waals surface area contributed by atoms with Gasteiger partial charge in [-0.3, -0.25) is 4.79 Å². The number of nitrogens with one attached hydrogen (secondary N) is 1. The van der Waals surface area contributed by atoms with Crippen molar-refractivity contribution in [3.8, 4) is 10.7 Å². The molecule has 4 aromatic rings. The first kappa shape index (κ1) is 20.6. The van der Waals surface area contributed by atoms with Crippen molar-refractivity contribution in [3.05, 3.63) is 77.7 Å². The lowest BCUT2D eigenvalue weighted by atomic mass is 10.1. The summed E-state index contributed by atoms with van der Waals surface area (Å²) in [4.78, 5) is 25.6. The Hall–Kier alpha value is -3.25. The molecule has 2 aromatic heterocycles. The van der Waals surface area contributed by atoms with Crippen molar-refractivity contribution >= 4 is 34.0 Å². The molecule has 0 atom stereocenters. The molecule has 0 saturated heterocycles. The Balaban J connectivity index is 1.47. The van der Waals surface area contributed by atoms with E-state index in [4.69, 9.17) is 9.97 Å². The van der Waals surface area contributed by atoms with Gasteiger partial charge in [0.25, 0.3) is 0 Å². The fourth-order valence-corrected chi connectivity index (χ4v) is 4.47. The van der Waals surface area contributed by atoms with E-state index in [1.807, 2.05) is 35.7 Å². The molecule has 5 rings (SSSR count). The molecule has 2 aromatic carbocycles. The van der Waals surface area contributed by atoms with Crippen LogP contribution in [0, 0.1) is 0 Å². The van der Waals surface area contributed by atoms with E-state index in [-0.39, 0.29) is 5.91 Å². The topological polar surface area (TPSA) is 58.1 Å². The van der Waals surface area contributed by atoms with Crippen LogP contribution < -0.4 is 10.2 Å². The molecule has 162 valence electrons. The number of thiophene rings is 1. The van der Waals surface area contributed by atoms with Gasteiger partial charge in [0.05, 0.1) is 10.4 Å². The minimum absolute atomic E-state index is 0.119. The highest BCUT2D eigenvalue weighted by Crippen LogP contribution is 2.30. The van der Waals surface area contributed by atoms with Crippen molar-refractivity contribution in [1.82, 2.24) is 15.3 Å². The average molecular weight is 443 g/mol. The first-order valence-electron chi connectivity index (χ1n) is 11.2. The number of aromatic nitrogens is 2. The number of carbonyl (C=O) groups is 1. The third-order valence-corrected chi connectivity index (χ3v) is 6.55. The van der Waals surface area contributed by atoms with Gasteiger partial charge in [-0.05, 0) is 48.4 Å². The van der Waals surface area contributed by atoms with E-state index in [1.54, 1.807) is 11.3 Å². The monoisotopic (exact) mass is 442 g/mol. The highest BCUT2D eigenvalue weighted by Gasteiger charge is 2.24. The highest BCUT2D eigenvalue weighted by atomic mass is 32.1. The van der Waals surface area contributed by atoms with Crippen LogP contribution in [-0.2, 0) is 11.2 Å². The average Bonchev–Trinajstić information content (AvgIpc) is 3.46. The molecule has 1 N–H and O–H groups in total. The molecular weight excluding hydrogens is 416 g/mol. The number of hydrogen-bond acceptors (Lipinski definition) is 5. The Morgan fingerprint density at radius 1 is 0.969 bits per heavy atom. The number of hydrogen-bond donors (Lipinski definition) is 1. The molecule has 0 radical (unpaired) electrons. The van der Waals surface area contributed by atoms with Gasteiger partial charge in [-0.15, -0.1) is 11.3 Å². The smallest absolute Gasteiger partial charge is 0.221 e. The van der Waals surface area contributed by atoms with Crippen LogP contribution in [0.5, 0.6) is 0 Å². The van der Waals surface area contributed by atoms with Gasteiger partial charge in [-0.25, -0.2) is 9.97 Å². The van der Waals surface area contributed by atoms with Gasteiger partial charge >= 0.3 is 0 Å². The number of para-hydroxylation sites is 1. The maximum atomic E-state index is 12.5. The van der Waals surface area contributed by atoms with Gasteiger partial charge in [-0.2, -0.15) is 0 Å².